The number of nitro benzene ring substituents is 1. The lowest BCUT2D eigenvalue weighted by Crippen LogP contribution is -2.42. The molecule has 8 heteroatoms. The summed E-state index contributed by atoms with van der Waals surface area (Å²) in [4.78, 5) is 10.1. The van der Waals surface area contributed by atoms with Gasteiger partial charge in [-0.05, 0) is 18.0 Å². The number of nitrogens with zero attached hydrogens (tertiary/aromatic N) is 2. The van der Waals surface area contributed by atoms with Crippen molar-refractivity contribution >= 4 is 15.7 Å². The molecule has 0 saturated heterocycles. The average molecular weight is 315 g/mol. The van der Waals surface area contributed by atoms with Gasteiger partial charge >= 0.3 is 0 Å². The first-order chi connectivity index (χ1) is 9.65. The van der Waals surface area contributed by atoms with Gasteiger partial charge in [-0.1, -0.05) is 32.9 Å². The molecule has 0 saturated carbocycles. The van der Waals surface area contributed by atoms with E-state index < -0.39 is 26.0 Å². The minimum absolute atomic E-state index is 0.203. The third-order valence-electron chi connectivity index (χ3n) is 3.19. The molecule has 0 aliphatic rings. The highest BCUT2D eigenvalue weighted by Crippen LogP contribution is 2.28. The molecule has 0 fully saturated rings. The minimum atomic E-state index is -3.93. The van der Waals surface area contributed by atoms with Gasteiger partial charge < -0.3 is 5.73 Å². The van der Waals surface area contributed by atoms with E-state index in [1.54, 1.807) is 6.92 Å². The SMILES string of the molecule is CCN(CC(C)(C)CN)S(=O)(=O)c1ccccc1[N+](=O)[O-]. The van der Waals surface area contributed by atoms with Crippen LogP contribution in [0.25, 0.3) is 0 Å². The Kier molecular flexibility index (Phi) is 5.43. The van der Waals surface area contributed by atoms with Crippen molar-refractivity contribution < 1.29 is 13.3 Å². The molecule has 0 heterocycles. The van der Waals surface area contributed by atoms with Crippen LogP contribution in [0, 0.1) is 15.5 Å². The molecular weight excluding hydrogens is 294 g/mol. The molecule has 0 aliphatic carbocycles. The van der Waals surface area contributed by atoms with E-state index >= 15 is 0 Å². The van der Waals surface area contributed by atoms with Crippen LogP contribution in [-0.2, 0) is 10.0 Å². The van der Waals surface area contributed by atoms with Crippen molar-refractivity contribution in [3.63, 3.8) is 0 Å². The topological polar surface area (TPSA) is 107 Å². The molecule has 0 bridgehead atoms. The summed E-state index contributed by atoms with van der Waals surface area (Å²) in [5.41, 5.74) is 4.81. The largest absolute Gasteiger partial charge is 0.330 e. The summed E-state index contributed by atoms with van der Waals surface area (Å²) in [5, 5.41) is 11.0. The maximum absolute atomic E-state index is 12.7. The van der Waals surface area contributed by atoms with E-state index in [4.69, 9.17) is 5.73 Å². The molecule has 0 aliphatic heterocycles. The molecule has 0 unspecified atom stereocenters. The normalized spacial score (nSPS) is 12.6. The maximum Gasteiger partial charge on any atom is 0.289 e. The fourth-order valence-electron chi connectivity index (χ4n) is 1.87. The lowest BCUT2D eigenvalue weighted by atomic mass is 9.94. The van der Waals surface area contributed by atoms with Crippen molar-refractivity contribution in [3.8, 4) is 0 Å². The van der Waals surface area contributed by atoms with Gasteiger partial charge in [-0.2, -0.15) is 4.31 Å². The van der Waals surface area contributed by atoms with Crippen LogP contribution in [0.1, 0.15) is 20.8 Å². The van der Waals surface area contributed by atoms with E-state index in [0.29, 0.717) is 6.54 Å². The van der Waals surface area contributed by atoms with E-state index in [2.05, 4.69) is 0 Å². The summed E-state index contributed by atoms with van der Waals surface area (Å²) in [7, 11) is -3.93. The Morgan fingerprint density at radius 1 is 1.33 bits per heavy atom. The third kappa shape index (κ3) is 3.99. The van der Waals surface area contributed by atoms with E-state index in [1.165, 1.54) is 28.6 Å². The Bertz CT molecular complexity index is 614. The molecule has 0 amide bonds. The third-order valence-corrected chi connectivity index (χ3v) is 5.16. The van der Waals surface area contributed by atoms with Gasteiger partial charge in [-0.15, -0.1) is 0 Å². The molecule has 7 nitrogen and oxygen atoms in total. The van der Waals surface area contributed by atoms with Crippen molar-refractivity contribution in [1.29, 1.82) is 0 Å². The quantitative estimate of drug-likeness (QED) is 0.607. The van der Waals surface area contributed by atoms with Crippen LogP contribution in [0.5, 0.6) is 0 Å². The first-order valence-corrected chi connectivity index (χ1v) is 8.03. The summed E-state index contributed by atoms with van der Waals surface area (Å²) in [5.74, 6) is 0. The number of benzene rings is 1. The van der Waals surface area contributed by atoms with Crippen LogP contribution in [0.4, 0.5) is 5.69 Å². The van der Waals surface area contributed by atoms with Crippen molar-refractivity contribution in [1.82, 2.24) is 4.31 Å². The molecule has 0 atom stereocenters. The Balaban J connectivity index is 3.29. The van der Waals surface area contributed by atoms with Gasteiger partial charge in [0.05, 0.1) is 4.92 Å². The average Bonchev–Trinajstić information content (AvgIpc) is 2.44. The summed E-state index contributed by atoms with van der Waals surface area (Å²) >= 11 is 0. The van der Waals surface area contributed by atoms with E-state index in [-0.39, 0.29) is 18.0 Å². The van der Waals surface area contributed by atoms with E-state index in [1.807, 2.05) is 13.8 Å². The lowest BCUT2D eigenvalue weighted by Gasteiger charge is -2.30. The van der Waals surface area contributed by atoms with Crippen molar-refractivity contribution in [2.75, 3.05) is 19.6 Å². The highest BCUT2D eigenvalue weighted by atomic mass is 32.2. The second-order valence-corrected chi connectivity index (χ2v) is 7.43. The zero-order valence-corrected chi connectivity index (χ0v) is 13.3. The molecule has 0 aromatic heterocycles. The molecule has 1 aromatic rings. The van der Waals surface area contributed by atoms with Crippen molar-refractivity contribution in [2.24, 2.45) is 11.1 Å². The predicted molar refractivity (Wildman–Crippen MR) is 80.4 cm³/mol. The fourth-order valence-corrected chi connectivity index (χ4v) is 3.67. The Morgan fingerprint density at radius 2 is 1.90 bits per heavy atom. The molecule has 1 rings (SSSR count). The van der Waals surface area contributed by atoms with Crippen LogP contribution < -0.4 is 5.73 Å². The van der Waals surface area contributed by atoms with Crippen LogP contribution in [0.3, 0.4) is 0 Å². The maximum atomic E-state index is 12.7. The molecule has 1 aromatic carbocycles. The monoisotopic (exact) mass is 315 g/mol. The molecule has 0 radical (unpaired) electrons. The Morgan fingerprint density at radius 3 is 2.38 bits per heavy atom. The van der Waals surface area contributed by atoms with Crippen molar-refractivity contribution in [3.05, 3.63) is 34.4 Å². The van der Waals surface area contributed by atoms with Gasteiger partial charge in [0, 0.05) is 19.2 Å². The molecule has 21 heavy (non-hydrogen) atoms. The number of sulfonamides is 1. The van der Waals surface area contributed by atoms with Crippen molar-refractivity contribution in [2.45, 2.75) is 25.7 Å². The second kappa shape index (κ2) is 6.50. The fraction of sp³-hybridized carbons (Fsp3) is 0.538. The number of hydrogen-bond donors (Lipinski definition) is 1. The molecule has 0 spiro atoms. The van der Waals surface area contributed by atoms with E-state index in [0.717, 1.165) is 0 Å². The summed E-state index contributed by atoms with van der Waals surface area (Å²) in [6.07, 6.45) is 0. The van der Waals surface area contributed by atoms with E-state index in [9.17, 15) is 18.5 Å². The summed E-state index contributed by atoms with van der Waals surface area (Å²) in [6.45, 7) is 6.14. The van der Waals surface area contributed by atoms with Gasteiger partial charge in [0.25, 0.3) is 5.69 Å². The standard InChI is InChI=1S/C13H21N3O4S/c1-4-15(10-13(2,3)9-14)21(19,20)12-8-6-5-7-11(12)16(17)18/h5-8H,4,9-10,14H2,1-3H3. The van der Waals surface area contributed by atoms with Gasteiger partial charge in [0.1, 0.15) is 0 Å². The smallest absolute Gasteiger partial charge is 0.289 e. The number of nitro groups is 1. The Hall–Kier alpha value is -1.51. The van der Waals surface area contributed by atoms with Gasteiger partial charge in [0.2, 0.25) is 10.0 Å². The van der Waals surface area contributed by atoms with Gasteiger partial charge in [-0.3, -0.25) is 10.1 Å². The number of hydrogen-bond acceptors (Lipinski definition) is 5. The molecular formula is C13H21N3O4S. The summed E-state index contributed by atoms with van der Waals surface area (Å²) in [6, 6.07) is 5.36. The highest BCUT2D eigenvalue weighted by Gasteiger charge is 2.33. The zero-order chi connectivity index (χ0) is 16.3. The lowest BCUT2D eigenvalue weighted by molar-refractivity contribution is -0.387. The second-order valence-electron chi connectivity index (χ2n) is 5.52. The van der Waals surface area contributed by atoms with Crippen LogP contribution in [0.15, 0.2) is 29.2 Å². The molecule has 2 N–H and O–H groups in total. The van der Waals surface area contributed by atoms with Crippen LogP contribution in [0.2, 0.25) is 0 Å². The van der Waals surface area contributed by atoms with Crippen LogP contribution in [-0.4, -0.2) is 37.3 Å². The minimum Gasteiger partial charge on any atom is -0.330 e. The number of nitrogens with two attached hydrogens (primary N) is 1. The highest BCUT2D eigenvalue weighted by molar-refractivity contribution is 7.89. The first-order valence-electron chi connectivity index (χ1n) is 6.59. The number of rotatable bonds is 7. The summed E-state index contributed by atoms with van der Waals surface area (Å²) < 4.78 is 26.6. The molecule has 118 valence electrons. The van der Waals surface area contributed by atoms with Crippen LogP contribution >= 0.6 is 0 Å². The predicted octanol–water partition coefficient (Wildman–Crippen LogP) is 1.59. The first kappa shape index (κ1) is 17.5. The van der Waals surface area contributed by atoms with Gasteiger partial charge in [0.15, 0.2) is 4.90 Å². The van der Waals surface area contributed by atoms with Gasteiger partial charge in [-0.25, -0.2) is 8.42 Å². The zero-order valence-electron chi connectivity index (χ0n) is 12.4. The Labute approximate surface area is 124 Å². The number of para-hydroxylation sites is 1.